The van der Waals surface area contributed by atoms with E-state index in [2.05, 4.69) is 21.5 Å². The van der Waals surface area contributed by atoms with Gasteiger partial charge in [0, 0.05) is 12.5 Å². The smallest absolute Gasteiger partial charge is 0.249 e. The number of hydrogen-bond acceptors (Lipinski definition) is 3. The Morgan fingerprint density at radius 2 is 1.81 bits per heavy atom. The first-order chi connectivity index (χ1) is 9.67. The summed E-state index contributed by atoms with van der Waals surface area (Å²) in [6.07, 6.45) is -5.45. The molecule has 0 spiro atoms. The first-order valence-corrected chi connectivity index (χ1v) is 6.61. The zero-order chi connectivity index (χ0) is 15.8. The van der Waals surface area contributed by atoms with E-state index in [1.165, 1.54) is 6.07 Å². The fourth-order valence-electron chi connectivity index (χ4n) is 1.86. The van der Waals surface area contributed by atoms with Gasteiger partial charge in [-0.2, -0.15) is 13.2 Å². The summed E-state index contributed by atoms with van der Waals surface area (Å²) in [7, 11) is 0. The monoisotopic (exact) mass is 315 g/mol. The van der Waals surface area contributed by atoms with Crippen molar-refractivity contribution in [2.24, 2.45) is 0 Å². The molecule has 0 saturated carbocycles. The maximum Gasteiger partial charge on any atom is 0.389 e. The van der Waals surface area contributed by atoms with Crippen molar-refractivity contribution in [2.75, 3.05) is 0 Å². The van der Waals surface area contributed by atoms with Crippen LogP contribution < -0.4 is 0 Å². The van der Waals surface area contributed by atoms with Crippen molar-refractivity contribution in [3.63, 3.8) is 0 Å². The van der Waals surface area contributed by atoms with E-state index in [1.807, 2.05) is 0 Å². The van der Waals surface area contributed by atoms with Gasteiger partial charge in [-0.05, 0) is 25.8 Å². The summed E-state index contributed by atoms with van der Waals surface area (Å²) in [5.41, 5.74) is 2.87. The first kappa shape index (κ1) is 15.7. The second kappa shape index (κ2) is 5.60. The zero-order valence-corrected chi connectivity index (χ0v) is 12.3. The lowest BCUT2D eigenvalue weighted by atomic mass is 10.1. The van der Waals surface area contributed by atoms with Crippen molar-refractivity contribution in [1.82, 2.24) is 15.0 Å². The number of fused-ring (bicyclic) bond motifs is 1. The summed E-state index contributed by atoms with van der Waals surface area (Å²) in [6, 6.07) is 1.54. The lowest BCUT2D eigenvalue weighted by Gasteiger charge is -2.11. The second-order valence-corrected chi connectivity index (χ2v) is 5.16. The summed E-state index contributed by atoms with van der Waals surface area (Å²) in [5.74, 6) is 0. The van der Waals surface area contributed by atoms with Gasteiger partial charge in [0.05, 0.1) is 22.6 Å². The van der Waals surface area contributed by atoms with Gasteiger partial charge >= 0.3 is 6.18 Å². The number of rotatable bonds is 3. The van der Waals surface area contributed by atoms with E-state index in [0.717, 1.165) is 5.69 Å². The summed E-state index contributed by atoms with van der Waals surface area (Å²) in [6.45, 7) is 7.26. The van der Waals surface area contributed by atoms with Gasteiger partial charge in [0.1, 0.15) is 10.7 Å². The molecule has 21 heavy (non-hydrogen) atoms. The molecule has 2 aromatic heterocycles. The summed E-state index contributed by atoms with van der Waals surface area (Å²) >= 11 is 5.91. The van der Waals surface area contributed by atoms with Crippen molar-refractivity contribution < 1.29 is 13.2 Å². The SMILES string of the molecule is C=C(CCC(F)(F)F)c1nc(Cl)cc2nc(C)c(C)nc12. The molecule has 0 amide bonds. The molecule has 2 rings (SSSR count). The number of aryl methyl sites for hydroxylation is 2. The molecule has 0 bridgehead atoms. The first-order valence-electron chi connectivity index (χ1n) is 6.24. The molecule has 2 aromatic rings. The lowest BCUT2D eigenvalue weighted by molar-refractivity contribution is -0.133. The maximum atomic E-state index is 12.3. The average Bonchev–Trinajstić information content (AvgIpc) is 2.36. The van der Waals surface area contributed by atoms with Crippen LogP contribution in [0.3, 0.4) is 0 Å². The molecule has 112 valence electrons. The average molecular weight is 316 g/mol. The van der Waals surface area contributed by atoms with Crippen molar-refractivity contribution in [3.05, 3.63) is 34.9 Å². The van der Waals surface area contributed by atoms with Gasteiger partial charge in [0.15, 0.2) is 0 Å². The van der Waals surface area contributed by atoms with Crippen LogP contribution in [-0.2, 0) is 0 Å². The third-order valence-corrected chi connectivity index (χ3v) is 3.27. The Bertz CT molecular complexity index is 711. The minimum Gasteiger partial charge on any atom is -0.249 e. The summed E-state index contributed by atoms with van der Waals surface area (Å²) in [5, 5.41) is 0.156. The van der Waals surface area contributed by atoms with Crippen LogP contribution in [0.15, 0.2) is 12.6 Å². The van der Waals surface area contributed by atoms with Gasteiger partial charge in [0.25, 0.3) is 0 Å². The molecule has 7 heteroatoms. The van der Waals surface area contributed by atoms with Crippen LogP contribution in [0.5, 0.6) is 0 Å². The van der Waals surface area contributed by atoms with E-state index in [-0.39, 0.29) is 22.8 Å². The van der Waals surface area contributed by atoms with Gasteiger partial charge in [-0.15, -0.1) is 0 Å². The standard InChI is InChI=1S/C14H13ClF3N3/c1-7(4-5-14(16,17)18)12-13-10(6-11(15)21-12)19-8(2)9(3)20-13/h6H,1,4-5H2,2-3H3. The molecule has 0 N–H and O–H groups in total. The third-order valence-electron chi connectivity index (χ3n) is 3.08. The Morgan fingerprint density at radius 1 is 1.19 bits per heavy atom. The Labute approximate surface area is 124 Å². The molecule has 0 aromatic carbocycles. The van der Waals surface area contributed by atoms with Gasteiger partial charge in [-0.3, -0.25) is 0 Å². The van der Waals surface area contributed by atoms with Crippen LogP contribution in [0.25, 0.3) is 16.6 Å². The van der Waals surface area contributed by atoms with Gasteiger partial charge in [-0.25, -0.2) is 15.0 Å². The molecule has 0 saturated heterocycles. The topological polar surface area (TPSA) is 38.7 Å². The van der Waals surface area contributed by atoms with Gasteiger partial charge < -0.3 is 0 Å². The van der Waals surface area contributed by atoms with Crippen LogP contribution >= 0.6 is 11.6 Å². The van der Waals surface area contributed by atoms with E-state index in [4.69, 9.17) is 11.6 Å². The molecule has 0 fully saturated rings. The van der Waals surface area contributed by atoms with Crippen molar-refractivity contribution in [1.29, 1.82) is 0 Å². The van der Waals surface area contributed by atoms with E-state index in [1.54, 1.807) is 13.8 Å². The van der Waals surface area contributed by atoms with Gasteiger partial charge in [-0.1, -0.05) is 18.2 Å². The minimum atomic E-state index is -4.24. The molecule has 0 unspecified atom stereocenters. The summed E-state index contributed by atoms with van der Waals surface area (Å²) in [4.78, 5) is 12.8. The van der Waals surface area contributed by atoms with E-state index in [9.17, 15) is 13.2 Å². The van der Waals surface area contributed by atoms with Crippen molar-refractivity contribution in [2.45, 2.75) is 32.9 Å². The van der Waals surface area contributed by atoms with E-state index in [0.29, 0.717) is 16.7 Å². The molecule has 0 radical (unpaired) electrons. The highest BCUT2D eigenvalue weighted by Gasteiger charge is 2.27. The van der Waals surface area contributed by atoms with Crippen LogP contribution in [0, 0.1) is 13.8 Å². The number of allylic oxidation sites excluding steroid dienone is 1. The molecular formula is C14H13ClF3N3. The molecule has 3 nitrogen and oxygen atoms in total. The quantitative estimate of drug-likeness (QED) is 0.774. The number of hydrogen-bond donors (Lipinski definition) is 0. The number of aromatic nitrogens is 3. The van der Waals surface area contributed by atoms with Crippen molar-refractivity contribution >= 4 is 28.2 Å². The fourth-order valence-corrected chi connectivity index (χ4v) is 2.05. The number of alkyl halides is 3. The Hall–Kier alpha value is -1.69. The highest BCUT2D eigenvalue weighted by atomic mass is 35.5. The van der Waals surface area contributed by atoms with Crippen LogP contribution in [0.2, 0.25) is 5.15 Å². The molecule has 0 aliphatic rings. The van der Waals surface area contributed by atoms with E-state index < -0.39 is 12.6 Å². The highest BCUT2D eigenvalue weighted by Crippen LogP contribution is 2.30. The third kappa shape index (κ3) is 3.69. The van der Waals surface area contributed by atoms with Gasteiger partial charge in [0.2, 0.25) is 0 Å². The fraction of sp³-hybridized carbons (Fsp3) is 0.357. The normalized spacial score (nSPS) is 11.9. The molecule has 0 aliphatic carbocycles. The molecule has 0 atom stereocenters. The van der Waals surface area contributed by atoms with Crippen LogP contribution in [0.4, 0.5) is 13.2 Å². The second-order valence-electron chi connectivity index (χ2n) is 4.77. The lowest BCUT2D eigenvalue weighted by Crippen LogP contribution is -2.07. The predicted molar refractivity (Wildman–Crippen MR) is 76.1 cm³/mol. The predicted octanol–water partition coefficient (Wildman–Crippen LogP) is 4.65. The highest BCUT2D eigenvalue weighted by molar-refractivity contribution is 6.30. The van der Waals surface area contributed by atoms with Crippen LogP contribution in [0.1, 0.15) is 29.9 Å². The van der Waals surface area contributed by atoms with E-state index >= 15 is 0 Å². The molecular weight excluding hydrogens is 303 g/mol. The number of halogens is 4. The molecule has 0 aliphatic heterocycles. The van der Waals surface area contributed by atoms with Crippen LogP contribution in [-0.4, -0.2) is 21.1 Å². The summed E-state index contributed by atoms with van der Waals surface area (Å²) < 4.78 is 37.0. The Balaban J connectivity index is 2.47. The Kier molecular flexibility index (Phi) is 4.18. The largest absolute Gasteiger partial charge is 0.389 e. The zero-order valence-electron chi connectivity index (χ0n) is 11.6. The minimum absolute atomic E-state index is 0.156. The maximum absolute atomic E-state index is 12.3. The number of pyridine rings is 1. The molecule has 2 heterocycles. The van der Waals surface area contributed by atoms with Crippen molar-refractivity contribution in [3.8, 4) is 0 Å². The number of nitrogens with zero attached hydrogens (tertiary/aromatic N) is 3. The Morgan fingerprint density at radius 3 is 2.43 bits per heavy atom.